The van der Waals surface area contributed by atoms with Crippen LogP contribution in [0.15, 0.2) is 24.3 Å². The summed E-state index contributed by atoms with van der Waals surface area (Å²) in [5.41, 5.74) is 1.22. The zero-order chi connectivity index (χ0) is 10.7. The summed E-state index contributed by atoms with van der Waals surface area (Å²) in [6.45, 7) is 4.27. The van der Waals surface area contributed by atoms with Gasteiger partial charge in [0, 0.05) is 42.8 Å². The average molecular weight is 243 g/mol. The van der Waals surface area contributed by atoms with E-state index in [0.717, 1.165) is 37.1 Å². The number of thiol groups is 1. The molecule has 0 bridgehead atoms. The molecule has 1 aromatic rings. The standard InChI is InChI=1S/C11H15ClN2S/c12-10-2-1-3-11(8-10)14-6-4-13(9-15)5-7-14/h1-3,8,15H,4-7,9H2. The van der Waals surface area contributed by atoms with Crippen LogP contribution in [0.4, 0.5) is 5.69 Å². The molecule has 1 aliphatic rings. The summed E-state index contributed by atoms with van der Waals surface area (Å²) in [5.74, 6) is 0.851. The summed E-state index contributed by atoms with van der Waals surface area (Å²) in [7, 11) is 0. The number of halogens is 1. The van der Waals surface area contributed by atoms with Gasteiger partial charge in [-0.2, -0.15) is 12.6 Å². The summed E-state index contributed by atoms with van der Waals surface area (Å²) < 4.78 is 0. The Morgan fingerprint density at radius 2 is 1.93 bits per heavy atom. The quantitative estimate of drug-likeness (QED) is 0.796. The molecule has 0 saturated carbocycles. The second-order valence-electron chi connectivity index (χ2n) is 3.73. The zero-order valence-electron chi connectivity index (χ0n) is 8.56. The average Bonchev–Trinajstić information content (AvgIpc) is 2.29. The molecule has 4 heteroatoms. The SMILES string of the molecule is SCN1CCN(c2cccc(Cl)c2)CC1. The van der Waals surface area contributed by atoms with Gasteiger partial charge in [0.15, 0.2) is 0 Å². The molecule has 1 aliphatic heterocycles. The fourth-order valence-corrected chi connectivity index (χ4v) is 2.29. The van der Waals surface area contributed by atoms with Crippen LogP contribution >= 0.6 is 24.2 Å². The molecular weight excluding hydrogens is 228 g/mol. The van der Waals surface area contributed by atoms with Crippen LogP contribution in [0.25, 0.3) is 0 Å². The van der Waals surface area contributed by atoms with Crippen LogP contribution < -0.4 is 4.90 Å². The highest BCUT2D eigenvalue weighted by atomic mass is 35.5. The number of hydrogen-bond donors (Lipinski definition) is 1. The minimum Gasteiger partial charge on any atom is -0.369 e. The highest BCUT2D eigenvalue weighted by Gasteiger charge is 2.15. The third-order valence-corrected chi connectivity index (χ3v) is 3.38. The predicted octanol–water partition coefficient (Wildman–Crippen LogP) is 2.35. The first-order valence-electron chi connectivity index (χ1n) is 5.13. The molecule has 1 saturated heterocycles. The van der Waals surface area contributed by atoms with Crippen molar-refractivity contribution >= 4 is 29.9 Å². The molecule has 0 aromatic heterocycles. The molecule has 2 nitrogen and oxygen atoms in total. The van der Waals surface area contributed by atoms with E-state index in [2.05, 4.69) is 28.5 Å². The third kappa shape index (κ3) is 2.80. The van der Waals surface area contributed by atoms with Gasteiger partial charge in [0.25, 0.3) is 0 Å². The molecule has 2 rings (SSSR count). The Hall–Kier alpha value is -0.380. The molecule has 0 spiro atoms. The lowest BCUT2D eigenvalue weighted by Gasteiger charge is -2.35. The van der Waals surface area contributed by atoms with Crippen molar-refractivity contribution in [2.24, 2.45) is 0 Å². The lowest BCUT2D eigenvalue weighted by Crippen LogP contribution is -2.45. The van der Waals surface area contributed by atoms with Crippen LogP contribution in [0.5, 0.6) is 0 Å². The summed E-state index contributed by atoms with van der Waals surface area (Å²) in [5, 5.41) is 0.809. The molecule has 0 amide bonds. The van der Waals surface area contributed by atoms with Crippen molar-refractivity contribution in [3.8, 4) is 0 Å². The van der Waals surface area contributed by atoms with Gasteiger partial charge in [-0.1, -0.05) is 17.7 Å². The van der Waals surface area contributed by atoms with Crippen molar-refractivity contribution in [1.29, 1.82) is 0 Å². The lowest BCUT2D eigenvalue weighted by atomic mass is 10.2. The van der Waals surface area contributed by atoms with Gasteiger partial charge >= 0.3 is 0 Å². The van der Waals surface area contributed by atoms with Crippen LogP contribution in [0, 0.1) is 0 Å². The number of piperazine rings is 1. The largest absolute Gasteiger partial charge is 0.369 e. The lowest BCUT2D eigenvalue weighted by molar-refractivity contribution is 0.301. The Balaban J connectivity index is 2.01. The van der Waals surface area contributed by atoms with E-state index >= 15 is 0 Å². The van der Waals surface area contributed by atoms with Crippen LogP contribution in [0.1, 0.15) is 0 Å². The van der Waals surface area contributed by atoms with E-state index < -0.39 is 0 Å². The number of anilines is 1. The first-order chi connectivity index (χ1) is 7.29. The van der Waals surface area contributed by atoms with Gasteiger partial charge in [-0.3, -0.25) is 4.90 Å². The molecule has 0 unspecified atom stereocenters. The van der Waals surface area contributed by atoms with E-state index in [9.17, 15) is 0 Å². The van der Waals surface area contributed by atoms with Crippen LogP contribution in [0.2, 0.25) is 5.02 Å². The molecule has 0 N–H and O–H groups in total. The molecule has 1 heterocycles. The molecule has 82 valence electrons. The maximum absolute atomic E-state index is 5.97. The van der Waals surface area contributed by atoms with E-state index in [0.29, 0.717) is 0 Å². The van der Waals surface area contributed by atoms with Crippen molar-refractivity contribution < 1.29 is 0 Å². The van der Waals surface area contributed by atoms with Gasteiger partial charge in [0.2, 0.25) is 0 Å². The van der Waals surface area contributed by atoms with Gasteiger partial charge in [0.1, 0.15) is 0 Å². The minimum atomic E-state index is 0.809. The highest BCUT2D eigenvalue weighted by Crippen LogP contribution is 2.20. The van der Waals surface area contributed by atoms with Gasteiger partial charge in [-0.05, 0) is 18.2 Å². The van der Waals surface area contributed by atoms with Crippen LogP contribution in [-0.2, 0) is 0 Å². The van der Waals surface area contributed by atoms with E-state index in [4.69, 9.17) is 11.6 Å². The summed E-state index contributed by atoms with van der Waals surface area (Å²) >= 11 is 10.3. The number of rotatable bonds is 2. The summed E-state index contributed by atoms with van der Waals surface area (Å²) in [6, 6.07) is 8.05. The predicted molar refractivity (Wildman–Crippen MR) is 69.1 cm³/mol. The van der Waals surface area contributed by atoms with Crippen molar-refractivity contribution in [3.05, 3.63) is 29.3 Å². The van der Waals surface area contributed by atoms with Gasteiger partial charge in [-0.15, -0.1) is 0 Å². The zero-order valence-corrected chi connectivity index (χ0v) is 10.2. The normalized spacial score (nSPS) is 18.1. The second kappa shape index (κ2) is 5.10. The Kier molecular flexibility index (Phi) is 3.78. The van der Waals surface area contributed by atoms with E-state index in [1.54, 1.807) is 0 Å². The first kappa shape index (κ1) is 11.1. The fraction of sp³-hybridized carbons (Fsp3) is 0.455. The van der Waals surface area contributed by atoms with E-state index in [-0.39, 0.29) is 0 Å². The molecule has 0 aliphatic carbocycles. The van der Waals surface area contributed by atoms with Crippen molar-refractivity contribution in [1.82, 2.24) is 4.90 Å². The van der Waals surface area contributed by atoms with E-state index in [1.165, 1.54) is 5.69 Å². The number of hydrogen-bond acceptors (Lipinski definition) is 3. The molecule has 1 aromatic carbocycles. The highest BCUT2D eigenvalue weighted by molar-refractivity contribution is 7.80. The molecule has 0 radical (unpaired) electrons. The van der Waals surface area contributed by atoms with Gasteiger partial charge in [-0.25, -0.2) is 0 Å². The molecule has 0 atom stereocenters. The maximum Gasteiger partial charge on any atom is 0.0426 e. The molecular formula is C11H15ClN2S. The third-order valence-electron chi connectivity index (χ3n) is 2.75. The topological polar surface area (TPSA) is 6.48 Å². The van der Waals surface area contributed by atoms with Gasteiger partial charge < -0.3 is 4.90 Å². The summed E-state index contributed by atoms with van der Waals surface area (Å²) in [6.07, 6.45) is 0. The first-order valence-corrected chi connectivity index (χ1v) is 6.14. The van der Waals surface area contributed by atoms with Crippen molar-refractivity contribution in [3.63, 3.8) is 0 Å². The fourth-order valence-electron chi connectivity index (χ4n) is 1.82. The van der Waals surface area contributed by atoms with Crippen LogP contribution in [0.3, 0.4) is 0 Å². The second-order valence-corrected chi connectivity index (χ2v) is 4.45. The van der Waals surface area contributed by atoms with Crippen molar-refractivity contribution in [2.45, 2.75) is 0 Å². The summed E-state index contributed by atoms with van der Waals surface area (Å²) in [4.78, 5) is 4.70. The number of benzene rings is 1. The molecule has 1 fully saturated rings. The smallest absolute Gasteiger partial charge is 0.0426 e. The Labute approximate surface area is 101 Å². The Bertz CT molecular complexity index is 324. The molecule has 15 heavy (non-hydrogen) atoms. The Morgan fingerprint density at radius 1 is 1.20 bits per heavy atom. The maximum atomic E-state index is 5.97. The van der Waals surface area contributed by atoms with Crippen molar-refractivity contribution in [2.75, 3.05) is 37.0 Å². The van der Waals surface area contributed by atoms with E-state index in [1.807, 2.05) is 18.2 Å². The monoisotopic (exact) mass is 242 g/mol. The van der Waals surface area contributed by atoms with Crippen LogP contribution in [-0.4, -0.2) is 37.0 Å². The Morgan fingerprint density at radius 3 is 2.53 bits per heavy atom. The number of nitrogens with zero attached hydrogens (tertiary/aromatic N) is 2. The van der Waals surface area contributed by atoms with Gasteiger partial charge in [0.05, 0.1) is 0 Å². The minimum absolute atomic E-state index is 0.809.